The Morgan fingerprint density at radius 1 is 1.25 bits per heavy atom. The van der Waals surface area contributed by atoms with Crippen molar-refractivity contribution in [3.63, 3.8) is 0 Å². The summed E-state index contributed by atoms with van der Waals surface area (Å²) in [4.78, 5) is 27.7. The number of aldehydes is 1. The minimum Gasteiger partial charge on any atom is -0.489 e. The Morgan fingerprint density at radius 2 is 1.97 bits per heavy atom. The average Bonchev–Trinajstić information content (AvgIpc) is 2.76. The molecule has 0 atom stereocenters. The number of unbranched alkanes of at least 4 members (excludes halogenated alkanes) is 1. The number of carbonyl (C=O) groups is 2. The molecular formula is C25H28ClN3O3. The minimum atomic E-state index is -0.332. The number of carbonyl (C=O) groups excluding carboxylic acids is 2. The van der Waals surface area contributed by atoms with E-state index in [1.165, 1.54) is 0 Å². The quantitative estimate of drug-likeness (QED) is 0.460. The van der Waals surface area contributed by atoms with Crippen LogP contribution in [0.5, 0.6) is 5.75 Å². The van der Waals surface area contributed by atoms with Crippen LogP contribution < -0.4 is 10.1 Å². The summed E-state index contributed by atoms with van der Waals surface area (Å²) in [6.45, 7) is 8.25. The largest absolute Gasteiger partial charge is 0.489 e. The van der Waals surface area contributed by atoms with Gasteiger partial charge in [0.05, 0.1) is 16.1 Å². The fourth-order valence-corrected chi connectivity index (χ4v) is 5.10. The molecule has 6 nitrogen and oxygen atoms in total. The van der Waals surface area contributed by atoms with Gasteiger partial charge in [0.15, 0.2) is 0 Å². The summed E-state index contributed by atoms with van der Waals surface area (Å²) >= 11 is 6.15. The summed E-state index contributed by atoms with van der Waals surface area (Å²) in [6.07, 6.45) is 4.28. The summed E-state index contributed by atoms with van der Waals surface area (Å²) in [7, 11) is 0. The Bertz CT molecular complexity index is 1030. The zero-order chi connectivity index (χ0) is 23.5. The van der Waals surface area contributed by atoms with Gasteiger partial charge in [0.2, 0.25) is 0 Å². The first-order chi connectivity index (χ1) is 15.1. The van der Waals surface area contributed by atoms with E-state index in [1.807, 2.05) is 12.1 Å². The van der Waals surface area contributed by atoms with E-state index in [9.17, 15) is 9.59 Å². The molecule has 1 aromatic carbocycles. The lowest BCUT2D eigenvalue weighted by Gasteiger charge is -2.63. The maximum Gasteiger partial charge on any atom is 0.253 e. The number of aryl methyl sites for hydroxylation is 1. The van der Waals surface area contributed by atoms with Crippen LogP contribution in [0.3, 0.4) is 0 Å². The normalized spacial score (nSPS) is 20.5. The third kappa shape index (κ3) is 4.63. The van der Waals surface area contributed by atoms with Crippen LogP contribution in [-0.4, -0.2) is 29.3 Å². The molecule has 1 aromatic heterocycles. The summed E-state index contributed by atoms with van der Waals surface area (Å²) in [5.74, 6) is 0.419. The van der Waals surface area contributed by atoms with E-state index >= 15 is 0 Å². The second-order valence-electron chi connectivity index (χ2n) is 9.40. The smallest absolute Gasteiger partial charge is 0.253 e. The van der Waals surface area contributed by atoms with E-state index in [-0.39, 0.29) is 28.9 Å². The van der Waals surface area contributed by atoms with Gasteiger partial charge in [-0.2, -0.15) is 5.26 Å². The Labute approximate surface area is 193 Å². The summed E-state index contributed by atoms with van der Waals surface area (Å²) in [5.41, 5.74) is 1.10. The Balaban J connectivity index is 1.67. The van der Waals surface area contributed by atoms with Gasteiger partial charge in [0.1, 0.15) is 24.2 Å². The molecular weight excluding hydrogens is 426 g/mol. The van der Waals surface area contributed by atoms with Crippen molar-refractivity contribution in [2.24, 2.45) is 10.8 Å². The van der Waals surface area contributed by atoms with Gasteiger partial charge < -0.3 is 14.8 Å². The van der Waals surface area contributed by atoms with Crippen LogP contribution in [0.2, 0.25) is 5.02 Å². The van der Waals surface area contributed by atoms with E-state index in [0.717, 1.165) is 18.4 Å². The molecule has 2 aromatic rings. The van der Waals surface area contributed by atoms with Gasteiger partial charge in [0.25, 0.3) is 5.91 Å². The minimum absolute atomic E-state index is 0.117. The number of amides is 1. The fourth-order valence-electron chi connectivity index (χ4n) is 4.88. The van der Waals surface area contributed by atoms with Gasteiger partial charge in [-0.25, -0.2) is 0 Å². The number of ether oxygens (including phenoxy) is 1. The van der Waals surface area contributed by atoms with E-state index in [2.05, 4.69) is 38.0 Å². The lowest BCUT2D eigenvalue weighted by molar-refractivity contribution is -0.164. The molecule has 0 saturated heterocycles. The van der Waals surface area contributed by atoms with E-state index in [4.69, 9.17) is 21.6 Å². The van der Waals surface area contributed by atoms with Crippen LogP contribution in [0, 0.1) is 22.2 Å². The predicted octanol–water partition coefficient (Wildman–Crippen LogP) is 4.74. The van der Waals surface area contributed by atoms with Crippen LogP contribution >= 0.6 is 11.6 Å². The third-order valence-electron chi connectivity index (χ3n) is 6.27. The molecule has 0 spiro atoms. The highest BCUT2D eigenvalue weighted by Crippen LogP contribution is 2.55. The first kappa shape index (κ1) is 23.7. The molecule has 7 heteroatoms. The molecule has 1 heterocycles. The number of aromatic nitrogens is 1. The second-order valence-corrected chi connectivity index (χ2v) is 9.80. The van der Waals surface area contributed by atoms with Crippen LogP contribution in [0.15, 0.2) is 36.5 Å². The number of benzene rings is 1. The molecule has 1 amide bonds. The molecule has 0 unspecified atom stereocenters. The van der Waals surface area contributed by atoms with Crippen molar-refractivity contribution in [3.05, 3.63) is 58.4 Å². The topological polar surface area (TPSA) is 92.1 Å². The molecule has 1 fully saturated rings. The van der Waals surface area contributed by atoms with E-state index in [1.54, 1.807) is 30.5 Å². The molecule has 0 radical (unpaired) electrons. The Kier molecular flexibility index (Phi) is 6.90. The van der Waals surface area contributed by atoms with Crippen LogP contribution in [0.25, 0.3) is 0 Å². The molecule has 0 aliphatic heterocycles. The number of hydrogen-bond acceptors (Lipinski definition) is 5. The van der Waals surface area contributed by atoms with Gasteiger partial charge in [-0.15, -0.1) is 0 Å². The van der Waals surface area contributed by atoms with Crippen LogP contribution in [0.4, 0.5) is 0 Å². The first-order valence-corrected chi connectivity index (χ1v) is 11.0. The van der Waals surface area contributed by atoms with Gasteiger partial charge in [-0.1, -0.05) is 39.3 Å². The van der Waals surface area contributed by atoms with Crippen molar-refractivity contribution in [1.82, 2.24) is 10.3 Å². The van der Waals surface area contributed by atoms with Gasteiger partial charge in [-0.05, 0) is 37.1 Å². The average molecular weight is 454 g/mol. The predicted molar refractivity (Wildman–Crippen MR) is 123 cm³/mol. The van der Waals surface area contributed by atoms with Crippen molar-refractivity contribution < 1.29 is 14.3 Å². The Morgan fingerprint density at radius 3 is 2.53 bits per heavy atom. The number of nitriles is 1. The standard InChI is InChI=1S/C25H28ClN3O3/c1-24(2)22(29-21(31)17-8-10-18(28-15-17)7-5-6-12-30)25(3,4)23(24)32-19-11-9-16(14-27)20(26)13-19/h8-13,15,22-23H,5-7H2,1-4H3,(H,29,31). The summed E-state index contributed by atoms with van der Waals surface area (Å²) in [6, 6.07) is 10.6. The van der Waals surface area contributed by atoms with Crippen LogP contribution in [-0.2, 0) is 11.2 Å². The monoisotopic (exact) mass is 453 g/mol. The van der Waals surface area contributed by atoms with Crippen molar-refractivity contribution in [3.8, 4) is 11.8 Å². The zero-order valence-corrected chi connectivity index (χ0v) is 19.6. The van der Waals surface area contributed by atoms with Crippen molar-refractivity contribution >= 4 is 23.8 Å². The highest BCUT2D eigenvalue weighted by Gasteiger charge is 2.64. The molecule has 1 aliphatic rings. The Hall–Kier alpha value is -2.91. The second kappa shape index (κ2) is 9.30. The van der Waals surface area contributed by atoms with Gasteiger partial charge in [0, 0.05) is 41.2 Å². The number of rotatable bonds is 8. The van der Waals surface area contributed by atoms with E-state index in [0.29, 0.717) is 34.7 Å². The number of halogens is 1. The summed E-state index contributed by atoms with van der Waals surface area (Å²) < 4.78 is 6.26. The maximum atomic E-state index is 12.9. The zero-order valence-electron chi connectivity index (χ0n) is 18.8. The first-order valence-electron chi connectivity index (χ1n) is 10.7. The SMILES string of the molecule is CC1(C)C(NC(=O)c2ccc(CCCC=O)nc2)C(C)(C)C1Oc1ccc(C#N)c(Cl)c1. The number of nitrogens with zero attached hydrogens (tertiary/aromatic N) is 2. The lowest BCUT2D eigenvalue weighted by Crippen LogP contribution is -2.74. The van der Waals surface area contributed by atoms with Crippen molar-refractivity contribution in [1.29, 1.82) is 5.26 Å². The van der Waals surface area contributed by atoms with Crippen molar-refractivity contribution in [2.75, 3.05) is 0 Å². The number of nitrogens with one attached hydrogen (secondary N) is 1. The molecule has 0 bridgehead atoms. The fraction of sp³-hybridized carbons (Fsp3) is 0.440. The highest BCUT2D eigenvalue weighted by molar-refractivity contribution is 6.31. The molecule has 1 saturated carbocycles. The number of pyridine rings is 1. The summed E-state index contributed by atoms with van der Waals surface area (Å²) in [5, 5.41) is 12.6. The van der Waals surface area contributed by atoms with Gasteiger partial charge >= 0.3 is 0 Å². The maximum absolute atomic E-state index is 12.9. The van der Waals surface area contributed by atoms with Crippen LogP contribution in [0.1, 0.15) is 62.2 Å². The van der Waals surface area contributed by atoms with Crippen molar-refractivity contribution in [2.45, 2.75) is 59.1 Å². The lowest BCUT2D eigenvalue weighted by atomic mass is 9.49. The molecule has 168 valence electrons. The van der Waals surface area contributed by atoms with Gasteiger partial charge in [-0.3, -0.25) is 9.78 Å². The molecule has 1 aliphatic carbocycles. The molecule has 32 heavy (non-hydrogen) atoms. The molecule has 1 N–H and O–H groups in total. The van der Waals surface area contributed by atoms with E-state index < -0.39 is 0 Å². The highest BCUT2D eigenvalue weighted by atomic mass is 35.5. The number of hydrogen-bond donors (Lipinski definition) is 1. The molecule has 3 rings (SSSR count). The third-order valence-corrected chi connectivity index (χ3v) is 6.58.